The van der Waals surface area contributed by atoms with Gasteiger partial charge in [0.15, 0.2) is 5.96 Å². The van der Waals surface area contributed by atoms with Crippen molar-refractivity contribution < 1.29 is 8.81 Å². The van der Waals surface area contributed by atoms with Crippen molar-refractivity contribution in [2.45, 2.75) is 32.7 Å². The molecule has 0 saturated heterocycles. The third-order valence-corrected chi connectivity index (χ3v) is 3.03. The van der Waals surface area contributed by atoms with Crippen LogP contribution in [0.3, 0.4) is 0 Å². The second kappa shape index (κ2) is 9.00. The van der Waals surface area contributed by atoms with Gasteiger partial charge < -0.3 is 15.1 Å². The molecule has 2 N–H and O–H groups in total. The molecule has 0 aliphatic rings. The summed E-state index contributed by atoms with van der Waals surface area (Å²) in [6, 6.07) is 6.09. The zero-order chi connectivity index (χ0) is 16.9. The van der Waals surface area contributed by atoms with Crippen molar-refractivity contribution in [3.05, 3.63) is 42.0 Å². The van der Waals surface area contributed by atoms with Crippen LogP contribution < -0.4 is 10.6 Å². The Balaban J connectivity index is 0.00000288. The van der Waals surface area contributed by atoms with Gasteiger partial charge in [0.2, 0.25) is 5.89 Å². The first-order chi connectivity index (χ1) is 10.9. The van der Waals surface area contributed by atoms with E-state index in [1.54, 1.807) is 25.4 Å². The lowest BCUT2D eigenvalue weighted by molar-refractivity contribution is 0.501. The van der Waals surface area contributed by atoms with Gasteiger partial charge in [0.1, 0.15) is 12.1 Å². The lowest BCUT2D eigenvalue weighted by atomic mass is 10.1. The van der Waals surface area contributed by atoms with Crippen LogP contribution in [0.5, 0.6) is 0 Å². The summed E-state index contributed by atoms with van der Waals surface area (Å²) in [5.41, 5.74) is 1.55. The third-order valence-electron chi connectivity index (χ3n) is 3.03. The molecule has 0 aliphatic carbocycles. The Morgan fingerprint density at radius 1 is 1.25 bits per heavy atom. The summed E-state index contributed by atoms with van der Waals surface area (Å²) >= 11 is 0. The Morgan fingerprint density at radius 2 is 1.92 bits per heavy atom. The molecule has 7 heteroatoms. The largest absolute Gasteiger partial charge is 0.444 e. The minimum Gasteiger partial charge on any atom is -0.444 e. The molecule has 24 heavy (non-hydrogen) atoms. The summed E-state index contributed by atoms with van der Waals surface area (Å²) < 4.78 is 18.4. The van der Waals surface area contributed by atoms with Gasteiger partial charge in [-0.1, -0.05) is 0 Å². The molecule has 0 radical (unpaired) electrons. The van der Waals surface area contributed by atoms with Crippen LogP contribution in [0.2, 0.25) is 0 Å². The average Bonchev–Trinajstić information content (AvgIpc) is 2.94. The average molecular weight is 446 g/mol. The number of guanidine groups is 1. The maximum absolute atomic E-state index is 12.9. The van der Waals surface area contributed by atoms with Crippen LogP contribution in [0.4, 0.5) is 4.39 Å². The standard InChI is InChI=1S/C17H23FN4O.HI/c1-17(2,3)22-16(19-4)20-10-9-14-11-23-15(21-14)12-5-7-13(18)8-6-12;/h5-8,11H,9-10H2,1-4H3,(H2,19,20,22);1H. The van der Waals surface area contributed by atoms with Gasteiger partial charge in [-0.25, -0.2) is 9.37 Å². The number of hydrogen-bond acceptors (Lipinski definition) is 3. The zero-order valence-corrected chi connectivity index (χ0v) is 16.7. The zero-order valence-electron chi connectivity index (χ0n) is 14.4. The van der Waals surface area contributed by atoms with Crippen molar-refractivity contribution in [2.75, 3.05) is 13.6 Å². The summed E-state index contributed by atoms with van der Waals surface area (Å²) in [4.78, 5) is 8.60. The lowest BCUT2D eigenvalue weighted by Gasteiger charge is -2.23. The fourth-order valence-corrected chi connectivity index (χ4v) is 1.99. The van der Waals surface area contributed by atoms with Crippen LogP contribution >= 0.6 is 24.0 Å². The van der Waals surface area contributed by atoms with Crippen molar-refractivity contribution in [3.63, 3.8) is 0 Å². The fourth-order valence-electron chi connectivity index (χ4n) is 1.99. The molecule has 0 spiro atoms. The molecule has 0 saturated carbocycles. The molecule has 1 aromatic heterocycles. The van der Waals surface area contributed by atoms with Crippen molar-refractivity contribution in [3.8, 4) is 11.5 Å². The number of benzene rings is 1. The summed E-state index contributed by atoms with van der Waals surface area (Å²) in [6.45, 7) is 6.91. The summed E-state index contributed by atoms with van der Waals surface area (Å²) in [5.74, 6) is 0.972. The first kappa shape index (κ1) is 20.4. The highest BCUT2D eigenvalue weighted by Crippen LogP contribution is 2.18. The van der Waals surface area contributed by atoms with E-state index in [1.165, 1.54) is 12.1 Å². The van der Waals surface area contributed by atoms with E-state index in [0.717, 1.165) is 17.2 Å². The molecule has 0 amide bonds. The Labute approximate surface area is 159 Å². The van der Waals surface area contributed by atoms with Crippen molar-refractivity contribution in [1.82, 2.24) is 15.6 Å². The quantitative estimate of drug-likeness (QED) is 0.428. The molecule has 2 aromatic rings. The van der Waals surface area contributed by atoms with E-state index in [4.69, 9.17) is 4.42 Å². The maximum Gasteiger partial charge on any atom is 0.226 e. The van der Waals surface area contributed by atoms with E-state index in [-0.39, 0.29) is 35.3 Å². The third kappa shape index (κ3) is 6.46. The van der Waals surface area contributed by atoms with E-state index >= 15 is 0 Å². The Hall–Kier alpha value is -1.64. The molecule has 0 atom stereocenters. The molecule has 2 rings (SSSR count). The first-order valence-electron chi connectivity index (χ1n) is 7.56. The minimum atomic E-state index is -0.275. The van der Waals surface area contributed by atoms with Crippen molar-refractivity contribution in [1.29, 1.82) is 0 Å². The van der Waals surface area contributed by atoms with Gasteiger partial charge >= 0.3 is 0 Å². The molecule has 0 unspecified atom stereocenters. The Bertz CT molecular complexity index is 662. The van der Waals surface area contributed by atoms with Crippen LogP contribution in [0.15, 0.2) is 39.9 Å². The second-order valence-electron chi connectivity index (χ2n) is 6.27. The number of aromatic nitrogens is 1. The number of aliphatic imine (C=N–C) groups is 1. The predicted molar refractivity (Wildman–Crippen MR) is 105 cm³/mol. The molecule has 5 nitrogen and oxygen atoms in total. The number of nitrogens with one attached hydrogen (secondary N) is 2. The summed E-state index contributed by atoms with van der Waals surface area (Å²) in [5, 5.41) is 6.53. The highest BCUT2D eigenvalue weighted by molar-refractivity contribution is 14.0. The summed E-state index contributed by atoms with van der Waals surface area (Å²) in [6.07, 6.45) is 2.33. The molecule has 0 bridgehead atoms. The molecular formula is C17H24FIN4O. The van der Waals surface area contributed by atoms with E-state index in [1.807, 2.05) is 0 Å². The van der Waals surface area contributed by atoms with Crippen LogP contribution in [0, 0.1) is 5.82 Å². The Morgan fingerprint density at radius 3 is 2.50 bits per heavy atom. The number of hydrogen-bond donors (Lipinski definition) is 2. The first-order valence-corrected chi connectivity index (χ1v) is 7.56. The number of nitrogens with zero attached hydrogens (tertiary/aromatic N) is 2. The van der Waals surface area contributed by atoms with Crippen LogP contribution in [0.25, 0.3) is 11.5 Å². The highest BCUT2D eigenvalue weighted by Gasteiger charge is 2.12. The highest BCUT2D eigenvalue weighted by atomic mass is 127. The van der Waals surface area contributed by atoms with E-state index in [2.05, 4.69) is 41.4 Å². The van der Waals surface area contributed by atoms with Gasteiger partial charge in [-0.3, -0.25) is 4.99 Å². The van der Waals surface area contributed by atoms with E-state index < -0.39 is 0 Å². The fraction of sp³-hybridized carbons (Fsp3) is 0.412. The predicted octanol–water partition coefficient (Wildman–Crippen LogP) is 3.60. The molecule has 132 valence electrons. The number of rotatable bonds is 4. The second-order valence-corrected chi connectivity index (χ2v) is 6.27. The van der Waals surface area contributed by atoms with Gasteiger partial charge in [0.05, 0.1) is 5.69 Å². The van der Waals surface area contributed by atoms with Gasteiger partial charge in [0, 0.05) is 31.1 Å². The molecule has 0 fully saturated rings. The van der Waals surface area contributed by atoms with Crippen molar-refractivity contribution >= 4 is 29.9 Å². The van der Waals surface area contributed by atoms with Crippen LogP contribution in [-0.4, -0.2) is 30.1 Å². The SMILES string of the molecule is CN=C(NCCc1coc(-c2ccc(F)cc2)n1)NC(C)(C)C.I. The van der Waals surface area contributed by atoms with E-state index in [9.17, 15) is 4.39 Å². The molecule has 1 heterocycles. The lowest BCUT2D eigenvalue weighted by Crippen LogP contribution is -2.48. The van der Waals surface area contributed by atoms with Crippen molar-refractivity contribution in [2.24, 2.45) is 4.99 Å². The molecule has 1 aromatic carbocycles. The maximum atomic E-state index is 12.9. The smallest absolute Gasteiger partial charge is 0.226 e. The molecular weight excluding hydrogens is 422 g/mol. The van der Waals surface area contributed by atoms with Crippen LogP contribution in [0.1, 0.15) is 26.5 Å². The van der Waals surface area contributed by atoms with Gasteiger partial charge in [-0.05, 0) is 45.0 Å². The summed E-state index contributed by atoms with van der Waals surface area (Å²) in [7, 11) is 1.74. The number of halogens is 2. The number of oxazole rings is 1. The topological polar surface area (TPSA) is 62.5 Å². The van der Waals surface area contributed by atoms with E-state index in [0.29, 0.717) is 18.9 Å². The molecule has 0 aliphatic heterocycles. The Kier molecular flexibility index (Phi) is 7.65. The van der Waals surface area contributed by atoms with Gasteiger partial charge in [-0.15, -0.1) is 24.0 Å². The normalized spacial score (nSPS) is 11.8. The minimum absolute atomic E-state index is 0. The van der Waals surface area contributed by atoms with Crippen LogP contribution in [-0.2, 0) is 6.42 Å². The van der Waals surface area contributed by atoms with Gasteiger partial charge in [0.25, 0.3) is 0 Å². The van der Waals surface area contributed by atoms with Gasteiger partial charge in [-0.2, -0.15) is 0 Å². The monoisotopic (exact) mass is 446 g/mol.